The van der Waals surface area contributed by atoms with Crippen molar-refractivity contribution in [3.8, 4) is 6.07 Å². The molecule has 0 aliphatic heterocycles. The first kappa shape index (κ1) is 15.1. The van der Waals surface area contributed by atoms with Gasteiger partial charge in [0, 0.05) is 0 Å². The zero-order chi connectivity index (χ0) is 15.9. The van der Waals surface area contributed by atoms with Crippen molar-refractivity contribution in [2.24, 2.45) is 0 Å². The second kappa shape index (κ2) is 6.95. The number of hydrogen-bond acceptors (Lipinski definition) is 3. The van der Waals surface area contributed by atoms with E-state index in [1.165, 1.54) is 24.3 Å². The van der Waals surface area contributed by atoms with Crippen molar-refractivity contribution in [1.29, 1.82) is 5.26 Å². The Bertz CT molecular complexity index is 777. The summed E-state index contributed by atoms with van der Waals surface area (Å²) in [4.78, 5) is 23.8. The van der Waals surface area contributed by atoms with Crippen molar-refractivity contribution in [1.82, 2.24) is 5.32 Å². The van der Waals surface area contributed by atoms with Gasteiger partial charge in [-0.1, -0.05) is 42.5 Å². The van der Waals surface area contributed by atoms with Gasteiger partial charge in [0.1, 0.15) is 17.5 Å². The molecule has 4 nitrogen and oxygen atoms in total. The van der Waals surface area contributed by atoms with Crippen LogP contribution in [0.15, 0.2) is 60.2 Å². The number of rotatable bonds is 3. The van der Waals surface area contributed by atoms with Crippen LogP contribution in [0.1, 0.15) is 15.9 Å². The molecule has 2 aromatic rings. The average molecular weight is 294 g/mol. The summed E-state index contributed by atoms with van der Waals surface area (Å²) in [6, 6.07) is 15.7. The smallest absolute Gasteiger partial charge is 0.268 e. The number of carbonyl (C=O) groups excluding carboxylic acids is 2. The molecule has 108 valence electrons. The topological polar surface area (TPSA) is 70.0 Å². The van der Waals surface area contributed by atoms with Crippen LogP contribution in [0.2, 0.25) is 0 Å². The van der Waals surface area contributed by atoms with E-state index in [4.69, 9.17) is 5.26 Å². The van der Waals surface area contributed by atoms with Crippen LogP contribution in [0.5, 0.6) is 0 Å². The van der Waals surface area contributed by atoms with Crippen molar-refractivity contribution in [2.75, 3.05) is 0 Å². The lowest BCUT2D eigenvalue weighted by molar-refractivity contribution is -0.116. The molecule has 0 saturated carbocycles. The van der Waals surface area contributed by atoms with E-state index in [0.29, 0.717) is 5.56 Å². The Hall–Kier alpha value is -3.26. The highest BCUT2D eigenvalue weighted by Gasteiger charge is 2.16. The van der Waals surface area contributed by atoms with Crippen LogP contribution in [0.3, 0.4) is 0 Å². The maximum absolute atomic E-state index is 13.5. The first-order valence-electron chi connectivity index (χ1n) is 6.39. The first-order chi connectivity index (χ1) is 10.6. The minimum atomic E-state index is -0.891. The molecule has 0 atom stereocenters. The predicted molar refractivity (Wildman–Crippen MR) is 78.9 cm³/mol. The Balaban J connectivity index is 2.17. The molecular formula is C17H11FN2O2. The third-order valence-corrected chi connectivity index (χ3v) is 2.82. The van der Waals surface area contributed by atoms with Crippen molar-refractivity contribution < 1.29 is 14.0 Å². The van der Waals surface area contributed by atoms with E-state index in [1.807, 2.05) is 5.32 Å². The molecule has 2 rings (SSSR count). The lowest BCUT2D eigenvalue weighted by atomic mass is 10.1. The highest BCUT2D eigenvalue weighted by Crippen LogP contribution is 2.08. The van der Waals surface area contributed by atoms with Gasteiger partial charge in [-0.25, -0.2) is 4.39 Å². The van der Waals surface area contributed by atoms with Gasteiger partial charge >= 0.3 is 0 Å². The number of amides is 2. The van der Waals surface area contributed by atoms with Crippen LogP contribution in [-0.4, -0.2) is 11.8 Å². The van der Waals surface area contributed by atoms with Crippen LogP contribution < -0.4 is 5.32 Å². The van der Waals surface area contributed by atoms with E-state index in [0.717, 1.165) is 6.07 Å². The second-order valence-electron chi connectivity index (χ2n) is 4.34. The van der Waals surface area contributed by atoms with Crippen molar-refractivity contribution >= 4 is 17.9 Å². The van der Waals surface area contributed by atoms with E-state index in [1.54, 1.807) is 36.4 Å². The highest BCUT2D eigenvalue weighted by molar-refractivity contribution is 6.13. The molecule has 2 amide bonds. The van der Waals surface area contributed by atoms with Gasteiger partial charge in [0.05, 0.1) is 5.56 Å². The second-order valence-corrected chi connectivity index (χ2v) is 4.34. The molecule has 0 aromatic heterocycles. The predicted octanol–water partition coefficient (Wildman–Crippen LogP) is 2.69. The molecule has 0 bridgehead atoms. The molecule has 5 heteroatoms. The van der Waals surface area contributed by atoms with Crippen molar-refractivity contribution in [3.05, 3.63) is 77.1 Å². The largest absolute Gasteiger partial charge is 0.287 e. The Labute approximate surface area is 126 Å². The lowest BCUT2D eigenvalue weighted by Crippen LogP contribution is -2.31. The van der Waals surface area contributed by atoms with Gasteiger partial charge in [-0.2, -0.15) is 5.26 Å². The third kappa shape index (κ3) is 3.64. The Morgan fingerprint density at radius 3 is 2.32 bits per heavy atom. The fourth-order valence-electron chi connectivity index (χ4n) is 1.75. The summed E-state index contributed by atoms with van der Waals surface area (Å²) in [5, 5.41) is 11.0. The molecule has 22 heavy (non-hydrogen) atoms. The Morgan fingerprint density at radius 2 is 1.68 bits per heavy atom. The lowest BCUT2D eigenvalue weighted by Gasteiger charge is -2.04. The number of imide groups is 1. The zero-order valence-electron chi connectivity index (χ0n) is 11.4. The maximum Gasteiger partial charge on any atom is 0.268 e. The van der Waals surface area contributed by atoms with Crippen molar-refractivity contribution in [3.63, 3.8) is 0 Å². The van der Waals surface area contributed by atoms with Crippen LogP contribution in [0.4, 0.5) is 4.39 Å². The molecule has 0 unspecified atom stereocenters. The van der Waals surface area contributed by atoms with Gasteiger partial charge in [-0.15, -0.1) is 0 Å². The summed E-state index contributed by atoms with van der Waals surface area (Å²) in [5.74, 6) is -2.50. The number of nitrogens with one attached hydrogen (secondary N) is 1. The third-order valence-electron chi connectivity index (χ3n) is 2.82. The van der Waals surface area contributed by atoms with Crippen LogP contribution in [0.25, 0.3) is 6.08 Å². The molecule has 0 aliphatic rings. The minimum absolute atomic E-state index is 0.240. The number of nitriles is 1. The van der Waals surface area contributed by atoms with Gasteiger partial charge in [0.15, 0.2) is 0 Å². The maximum atomic E-state index is 13.5. The normalized spacial score (nSPS) is 10.6. The zero-order valence-corrected chi connectivity index (χ0v) is 11.4. The monoisotopic (exact) mass is 294 g/mol. The molecule has 0 radical (unpaired) electrons. The van der Waals surface area contributed by atoms with E-state index >= 15 is 0 Å². The Kier molecular flexibility index (Phi) is 4.78. The van der Waals surface area contributed by atoms with E-state index in [9.17, 15) is 14.0 Å². The summed E-state index contributed by atoms with van der Waals surface area (Å²) in [7, 11) is 0. The minimum Gasteiger partial charge on any atom is -0.287 e. The fraction of sp³-hybridized carbons (Fsp3) is 0. The van der Waals surface area contributed by atoms with Gasteiger partial charge < -0.3 is 0 Å². The molecule has 2 aromatic carbocycles. The van der Waals surface area contributed by atoms with Gasteiger partial charge in [-0.05, 0) is 23.8 Å². The summed E-state index contributed by atoms with van der Waals surface area (Å²) < 4.78 is 13.5. The number of nitrogens with zero attached hydrogens (tertiary/aromatic N) is 1. The number of benzene rings is 2. The number of carbonyl (C=O) groups is 2. The average Bonchev–Trinajstić information content (AvgIpc) is 2.53. The SMILES string of the molecule is N#C/C(=C/c1ccccc1)C(=O)NC(=O)c1ccccc1F. The van der Waals surface area contributed by atoms with Gasteiger partial charge in [0.25, 0.3) is 11.8 Å². The van der Waals surface area contributed by atoms with E-state index in [-0.39, 0.29) is 11.1 Å². The fourth-order valence-corrected chi connectivity index (χ4v) is 1.75. The van der Waals surface area contributed by atoms with Crippen molar-refractivity contribution in [2.45, 2.75) is 0 Å². The van der Waals surface area contributed by atoms with Crippen LogP contribution >= 0.6 is 0 Å². The van der Waals surface area contributed by atoms with Gasteiger partial charge in [0.2, 0.25) is 0 Å². The van der Waals surface area contributed by atoms with E-state index < -0.39 is 17.6 Å². The summed E-state index contributed by atoms with van der Waals surface area (Å²) in [6.07, 6.45) is 1.35. The van der Waals surface area contributed by atoms with Crippen LogP contribution in [-0.2, 0) is 4.79 Å². The molecule has 1 N–H and O–H groups in total. The first-order valence-corrected chi connectivity index (χ1v) is 6.39. The van der Waals surface area contributed by atoms with Gasteiger partial charge in [-0.3, -0.25) is 14.9 Å². The molecule has 0 fully saturated rings. The van der Waals surface area contributed by atoms with E-state index in [2.05, 4.69) is 0 Å². The summed E-state index contributed by atoms with van der Waals surface area (Å²) in [5.41, 5.74) is 0.149. The molecule has 0 heterocycles. The standard InChI is InChI=1S/C17H11FN2O2/c18-15-9-5-4-8-14(15)17(22)20-16(21)13(11-19)10-12-6-2-1-3-7-12/h1-10H,(H,20,21,22)/b13-10-. The molecule has 0 aliphatic carbocycles. The van der Waals surface area contributed by atoms with Crippen LogP contribution in [0, 0.1) is 17.1 Å². The summed E-state index contributed by atoms with van der Waals surface area (Å²) in [6.45, 7) is 0. The highest BCUT2D eigenvalue weighted by atomic mass is 19.1. The molecule has 0 spiro atoms. The Morgan fingerprint density at radius 1 is 1.05 bits per heavy atom. The number of hydrogen-bond donors (Lipinski definition) is 1. The molecule has 0 saturated heterocycles. The molecular weight excluding hydrogens is 283 g/mol. The quantitative estimate of drug-likeness (QED) is 0.699. The summed E-state index contributed by atoms with van der Waals surface area (Å²) >= 11 is 0. The number of halogens is 1.